The Kier molecular flexibility index (Phi) is 15.5. The summed E-state index contributed by atoms with van der Waals surface area (Å²) in [7, 11) is 0. The van der Waals surface area contributed by atoms with Crippen LogP contribution in [-0.2, 0) is 0 Å². The Balaban J connectivity index is 0. The molecule has 1 nitrogen and oxygen atoms in total. The van der Waals surface area contributed by atoms with Crippen LogP contribution >= 0.6 is 0 Å². The first-order valence-electron chi connectivity index (χ1n) is 2.12. The van der Waals surface area contributed by atoms with Crippen LogP contribution in [0.4, 0.5) is 0 Å². The van der Waals surface area contributed by atoms with Crippen LogP contribution in [0.25, 0.3) is 0 Å². The van der Waals surface area contributed by atoms with Crippen molar-refractivity contribution in [1.29, 1.82) is 0 Å². The molecule has 0 aromatic carbocycles. The Bertz CT molecular complexity index is 15.0. The van der Waals surface area contributed by atoms with Gasteiger partial charge in [0, 0.05) is 0 Å². The van der Waals surface area contributed by atoms with Gasteiger partial charge in [-0.1, -0.05) is 0 Å². The van der Waals surface area contributed by atoms with E-state index in [9.17, 15) is 0 Å². The summed E-state index contributed by atoms with van der Waals surface area (Å²) in [6, 6.07) is 0. The molecule has 0 fully saturated rings. The van der Waals surface area contributed by atoms with Gasteiger partial charge in [0.25, 0.3) is 0 Å². The Morgan fingerprint density at radius 2 is 1.50 bits per heavy atom. The number of hydrogen-bond acceptors (Lipinski definition) is 0. The molecule has 0 spiro atoms. The summed E-state index contributed by atoms with van der Waals surface area (Å²) in [5, 5.41) is 0. The van der Waals surface area contributed by atoms with Gasteiger partial charge < -0.3 is 5.48 Å². The zero-order valence-corrected chi connectivity index (χ0v) is 8.30. The Hall–Kier alpha value is 0.882. The molecule has 2 radical (unpaired) electrons. The summed E-state index contributed by atoms with van der Waals surface area (Å²) in [6.45, 7) is 4.60. The normalized spacial score (nSPS) is 7.00. The van der Waals surface area contributed by atoms with Crippen LogP contribution < -0.4 is 0 Å². The molecule has 0 aromatic heterocycles. The molecule has 6 heavy (non-hydrogen) atoms. The summed E-state index contributed by atoms with van der Waals surface area (Å²) >= 11 is 0.0494. The molecular weight excluding hydrogens is 271 g/mol. The van der Waals surface area contributed by atoms with Gasteiger partial charge in [0.05, 0.1) is 0 Å². The Morgan fingerprint density at radius 1 is 1.17 bits per heavy atom. The number of hydrogen-bond donors (Lipinski definition) is 0. The predicted octanol–water partition coefficient (Wildman–Crippen LogP) is 0.742. The molecule has 2 heteroatoms. The minimum atomic E-state index is 0. The molecule has 0 aliphatic heterocycles. The van der Waals surface area contributed by atoms with E-state index in [1.807, 2.05) is 0 Å². The standard InChI is InChI=1S/2C2H5.H2O.Pb/c2*1-2;;/h2*1H2,2H3;1H2;. The molecule has 0 bridgehead atoms. The van der Waals surface area contributed by atoms with Crippen LogP contribution in [0.3, 0.4) is 0 Å². The smallest absolute Gasteiger partial charge is 0.412 e. The first-order valence-corrected chi connectivity index (χ1v) is 7.62. The van der Waals surface area contributed by atoms with Crippen LogP contribution in [0.2, 0.25) is 7.96 Å². The average molecular weight is 283 g/mol. The van der Waals surface area contributed by atoms with Crippen molar-refractivity contribution in [3.63, 3.8) is 0 Å². The second-order valence-electron chi connectivity index (χ2n) is 0.957. The van der Waals surface area contributed by atoms with E-state index < -0.39 is 0 Å². The van der Waals surface area contributed by atoms with Crippen molar-refractivity contribution in [3.05, 3.63) is 0 Å². The molecule has 38 valence electrons. The van der Waals surface area contributed by atoms with Crippen LogP contribution in [0.15, 0.2) is 0 Å². The molecule has 0 saturated carbocycles. The summed E-state index contributed by atoms with van der Waals surface area (Å²) in [6.07, 6.45) is 0. The van der Waals surface area contributed by atoms with Gasteiger partial charge in [-0.3, -0.25) is 0 Å². The fourth-order valence-corrected chi connectivity index (χ4v) is 2.19. The summed E-state index contributed by atoms with van der Waals surface area (Å²) in [4.78, 5) is 0. The van der Waals surface area contributed by atoms with E-state index in [2.05, 4.69) is 13.8 Å². The average Bonchev–Trinajstić information content (AvgIpc) is 1.41. The summed E-state index contributed by atoms with van der Waals surface area (Å²) < 4.78 is 3.08. The van der Waals surface area contributed by atoms with E-state index >= 15 is 0 Å². The minimum Gasteiger partial charge on any atom is -0.412 e. The maximum absolute atomic E-state index is 2.30. The third-order valence-corrected chi connectivity index (χ3v) is 4.39. The van der Waals surface area contributed by atoms with Crippen LogP contribution in [0.1, 0.15) is 13.8 Å². The first-order chi connectivity index (χ1) is 2.41. The van der Waals surface area contributed by atoms with E-state index in [1.54, 1.807) is 0 Å². The van der Waals surface area contributed by atoms with Crippen LogP contribution in [-0.4, -0.2) is 29.7 Å². The molecule has 0 saturated heterocycles. The Morgan fingerprint density at radius 3 is 1.50 bits per heavy atom. The van der Waals surface area contributed by atoms with Crippen molar-refractivity contribution < 1.29 is 5.48 Å². The van der Waals surface area contributed by atoms with Gasteiger partial charge in [-0.05, 0) is 0 Å². The molecule has 0 aliphatic rings. The quantitative estimate of drug-likeness (QED) is 0.670. The second-order valence-corrected chi connectivity index (χ2v) is 8.40. The molecule has 0 rings (SSSR count). The largest absolute Gasteiger partial charge is 0.412 e. The SMILES string of the molecule is C[CH2][Pb][CH2]C.O. The van der Waals surface area contributed by atoms with Crippen molar-refractivity contribution >= 4 is 24.2 Å². The predicted molar refractivity (Wildman–Crippen MR) is 30.3 cm³/mol. The topological polar surface area (TPSA) is 31.5 Å². The monoisotopic (exact) mass is 284 g/mol. The summed E-state index contributed by atoms with van der Waals surface area (Å²) in [5.41, 5.74) is 0. The molecule has 0 unspecified atom stereocenters. The van der Waals surface area contributed by atoms with Crippen LogP contribution in [0.5, 0.6) is 0 Å². The van der Waals surface area contributed by atoms with Gasteiger partial charge in [0.15, 0.2) is 0 Å². The van der Waals surface area contributed by atoms with E-state index in [-0.39, 0.29) is 29.7 Å². The van der Waals surface area contributed by atoms with Gasteiger partial charge in [-0.2, -0.15) is 0 Å². The van der Waals surface area contributed by atoms with Crippen molar-refractivity contribution in [2.45, 2.75) is 21.8 Å². The maximum Gasteiger partial charge on any atom is -0.412 e. The van der Waals surface area contributed by atoms with Crippen molar-refractivity contribution in [1.82, 2.24) is 0 Å². The first kappa shape index (κ1) is 9.99. The number of rotatable bonds is 2. The molecule has 0 aromatic rings. The van der Waals surface area contributed by atoms with E-state index in [4.69, 9.17) is 0 Å². The maximum atomic E-state index is 2.30. The van der Waals surface area contributed by atoms with Crippen molar-refractivity contribution in [2.24, 2.45) is 0 Å². The third kappa shape index (κ3) is 8.86. The molecule has 2 N–H and O–H groups in total. The molecule has 0 aliphatic carbocycles. The van der Waals surface area contributed by atoms with Gasteiger partial charge in [0.1, 0.15) is 0 Å². The van der Waals surface area contributed by atoms with E-state index in [0.29, 0.717) is 0 Å². The molecule has 0 amide bonds. The zero-order chi connectivity index (χ0) is 4.12. The summed E-state index contributed by atoms with van der Waals surface area (Å²) in [5.74, 6) is 0. The van der Waals surface area contributed by atoms with E-state index in [0.717, 1.165) is 0 Å². The van der Waals surface area contributed by atoms with Gasteiger partial charge in [0.2, 0.25) is 0 Å². The van der Waals surface area contributed by atoms with Gasteiger partial charge in [-0.15, -0.1) is 0 Å². The second kappa shape index (κ2) is 9.30. The van der Waals surface area contributed by atoms with Crippen molar-refractivity contribution in [3.8, 4) is 0 Å². The minimum absolute atomic E-state index is 0. The fraction of sp³-hybridized carbons (Fsp3) is 1.00. The van der Waals surface area contributed by atoms with Crippen LogP contribution in [0, 0.1) is 0 Å². The van der Waals surface area contributed by atoms with Crippen molar-refractivity contribution in [2.75, 3.05) is 0 Å². The fourth-order valence-electron chi connectivity index (χ4n) is 0.250. The van der Waals surface area contributed by atoms with Gasteiger partial charge >= 0.3 is 46.0 Å². The third-order valence-electron chi connectivity index (χ3n) is 0.500. The van der Waals surface area contributed by atoms with E-state index in [1.165, 1.54) is 7.96 Å². The molecular formula is C4H12OPb. The Labute approximate surface area is 51.7 Å². The zero-order valence-electron chi connectivity index (χ0n) is 4.41. The molecule has 0 atom stereocenters. The van der Waals surface area contributed by atoms with Gasteiger partial charge in [-0.25, -0.2) is 0 Å². The molecule has 0 heterocycles.